The van der Waals surface area contributed by atoms with Crippen molar-refractivity contribution in [3.05, 3.63) is 187 Å². The van der Waals surface area contributed by atoms with Crippen LogP contribution >= 0.6 is 0 Å². The van der Waals surface area contributed by atoms with Crippen LogP contribution in [0.2, 0.25) is 0 Å². The molecular weight excluding hydrogens is 643 g/mol. The van der Waals surface area contributed by atoms with Gasteiger partial charge in [-0.25, -0.2) is 0 Å². The largest absolute Gasteiger partial charge is 0.455 e. The predicted molar refractivity (Wildman–Crippen MR) is 224 cm³/mol. The lowest BCUT2D eigenvalue weighted by atomic mass is 9.82. The summed E-state index contributed by atoms with van der Waals surface area (Å²) in [5.41, 5.74) is 12.7. The number of nitrogens with zero attached hydrogens (tertiary/aromatic N) is 1. The van der Waals surface area contributed by atoms with Crippen molar-refractivity contribution in [3.8, 4) is 22.3 Å². The van der Waals surface area contributed by atoms with Gasteiger partial charge in [-0.15, -0.1) is 0 Å². The zero-order valence-electron chi connectivity index (χ0n) is 29.6. The number of rotatable bonds is 4. The Balaban J connectivity index is 1.18. The van der Waals surface area contributed by atoms with E-state index in [0.717, 1.165) is 44.6 Å². The van der Waals surface area contributed by atoms with Gasteiger partial charge in [-0.2, -0.15) is 0 Å². The highest BCUT2D eigenvalue weighted by atomic mass is 16.3. The van der Waals surface area contributed by atoms with Crippen LogP contribution in [-0.4, -0.2) is 0 Å². The highest BCUT2D eigenvalue weighted by molar-refractivity contribution is 6.21. The van der Waals surface area contributed by atoms with Crippen molar-refractivity contribution < 1.29 is 4.42 Å². The minimum Gasteiger partial charge on any atom is -0.455 e. The average Bonchev–Trinajstić information content (AvgIpc) is 3.68. The molecule has 1 heterocycles. The number of furan rings is 1. The monoisotopic (exact) mass is 677 g/mol. The molecule has 1 aromatic heterocycles. The number of hydrogen-bond donors (Lipinski definition) is 0. The van der Waals surface area contributed by atoms with Gasteiger partial charge in [-0.3, -0.25) is 0 Å². The molecular formula is C51H35NO. The van der Waals surface area contributed by atoms with E-state index in [0.29, 0.717) is 0 Å². The zero-order chi connectivity index (χ0) is 35.3. The Morgan fingerprint density at radius 2 is 1.02 bits per heavy atom. The Kier molecular flexibility index (Phi) is 6.33. The summed E-state index contributed by atoms with van der Waals surface area (Å²) in [6.07, 6.45) is 0. The molecule has 0 amide bonds. The third-order valence-corrected chi connectivity index (χ3v) is 11.6. The van der Waals surface area contributed by atoms with E-state index in [1.54, 1.807) is 0 Å². The van der Waals surface area contributed by atoms with Crippen LogP contribution < -0.4 is 4.90 Å². The second-order valence-electron chi connectivity index (χ2n) is 14.9. The van der Waals surface area contributed by atoms with E-state index in [1.807, 2.05) is 0 Å². The van der Waals surface area contributed by atoms with Crippen molar-refractivity contribution >= 4 is 71.3 Å². The molecule has 9 aromatic carbocycles. The van der Waals surface area contributed by atoms with Gasteiger partial charge in [-0.05, 0) is 97.2 Å². The summed E-state index contributed by atoms with van der Waals surface area (Å²) < 4.78 is 6.92. The summed E-state index contributed by atoms with van der Waals surface area (Å²) in [7, 11) is 0. The third-order valence-electron chi connectivity index (χ3n) is 11.6. The van der Waals surface area contributed by atoms with Crippen molar-refractivity contribution in [2.24, 2.45) is 0 Å². The quantitative estimate of drug-likeness (QED) is 0.184. The Hall–Kier alpha value is -6.64. The molecule has 0 saturated heterocycles. The molecule has 0 N–H and O–H groups in total. The van der Waals surface area contributed by atoms with Gasteiger partial charge in [0.05, 0.1) is 5.69 Å². The fourth-order valence-corrected chi connectivity index (χ4v) is 9.07. The SMILES string of the molecule is CC1(C)c2ccccc2-c2ccc(N(c3ccc4oc5c(-c6cccc7ccccc67)c6ccccc6cc5c4c3)c3cccc4ccccc34)cc21. The molecule has 250 valence electrons. The maximum Gasteiger partial charge on any atom is 0.143 e. The molecule has 0 unspecified atom stereocenters. The maximum absolute atomic E-state index is 6.92. The van der Waals surface area contributed by atoms with Crippen molar-refractivity contribution in [1.29, 1.82) is 0 Å². The minimum atomic E-state index is -0.115. The molecule has 0 fully saturated rings. The van der Waals surface area contributed by atoms with E-state index in [1.165, 1.54) is 60.1 Å². The molecule has 11 rings (SSSR count). The van der Waals surface area contributed by atoms with Crippen LogP contribution in [-0.2, 0) is 5.41 Å². The van der Waals surface area contributed by atoms with Gasteiger partial charge in [0, 0.05) is 38.5 Å². The molecule has 0 spiro atoms. The first-order chi connectivity index (χ1) is 26.0. The summed E-state index contributed by atoms with van der Waals surface area (Å²) in [4.78, 5) is 2.44. The molecule has 0 bridgehead atoms. The maximum atomic E-state index is 6.92. The van der Waals surface area contributed by atoms with Gasteiger partial charge < -0.3 is 9.32 Å². The van der Waals surface area contributed by atoms with Crippen LogP contribution in [0.15, 0.2) is 180 Å². The fourth-order valence-electron chi connectivity index (χ4n) is 9.07. The molecule has 1 aliphatic carbocycles. The Labute approximate surface area is 308 Å². The van der Waals surface area contributed by atoms with Gasteiger partial charge in [0.2, 0.25) is 0 Å². The number of hydrogen-bond acceptors (Lipinski definition) is 2. The first kappa shape index (κ1) is 30.0. The second-order valence-corrected chi connectivity index (χ2v) is 14.9. The van der Waals surface area contributed by atoms with E-state index in [-0.39, 0.29) is 5.41 Å². The summed E-state index contributed by atoms with van der Waals surface area (Å²) in [5, 5.41) is 9.46. The number of benzene rings is 9. The molecule has 0 saturated carbocycles. The fraction of sp³-hybridized carbons (Fsp3) is 0.0588. The normalized spacial score (nSPS) is 13.2. The van der Waals surface area contributed by atoms with Crippen LogP contribution in [0.5, 0.6) is 0 Å². The van der Waals surface area contributed by atoms with Crippen LogP contribution in [0.4, 0.5) is 17.1 Å². The van der Waals surface area contributed by atoms with Crippen LogP contribution in [0.25, 0.3) is 76.5 Å². The highest BCUT2D eigenvalue weighted by Gasteiger charge is 2.36. The molecule has 1 aliphatic rings. The Morgan fingerprint density at radius 3 is 1.87 bits per heavy atom. The van der Waals surface area contributed by atoms with Crippen molar-refractivity contribution in [2.75, 3.05) is 4.90 Å². The van der Waals surface area contributed by atoms with Crippen LogP contribution in [0.3, 0.4) is 0 Å². The molecule has 0 atom stereocenters. The lowest BCUT2D eigenvalue weighted by Crippen LogP contribution is -2.16. The standard InChI is InChI=1S/C51H35NO/c1-51(2)45-23-10-9-21-40(45)41-27-25-36(31-46(41)51)52(47-24-12-17-33-14-4-7-19-38(33)47)35-26-28-48-43(30-35)44-29-34-15-5-8-20-39(34)49(50(44)53-48)42-22-11-16-32-13-3-6-18-37(32)42/h3-31H,1-2H3. The predicted octanol–water partition coefficient (Wildman–Crippen LogP) is 14.5. The zero-order valence-corrected chi connectivity index (χ0v) is 29.6. The second kappa shape index (κ2) is 11.2. The third kappa shape index (κ3) is 4.39. The van der Waals surface area contributed by atoms with Gasteiger partial charge >= 0.3 is 0 Å². The summed E-state index contributed by atoms with van der Waals surface area (Å²) >= 11 is 0. The van der Waals surface area contributed by atoms with Gasteiger partial charge in [0.25, 0.3) is 0 Å². The lowest BCUT2D eigenvalue weighted by molar-refractivity contribution is 0.660. The average molecular weight is 678 g/mol. The molecule has 53 heavy (non-hydrogen) atoms. The van der Waals surface area contributed by atoms with Crippen molar-refractivity contribution in [2.45, 2.75) is 19.3 Å². The summed E-state index contributed by atoms with van der Waals surface area (Å²) in [6.45, 7) is 4.70. The van der Waals surface area contributed by atoms with Gasteiger partial charge in [-0.1, -0.05) is 147 Å². The smallest absolute Gasteiger partial charge is 0.143 e. The minimum absolute atomic E-state index is 0.115. The van der Waals surface area contributed by atoms with E-state index in [9.17, 15) is 0 Å². The Bertz CT molecular complexity index is 3100. The van der Waals surface area contributed by atoms with E-state index in [4.69, 9.17) is 4.42 Å². The van der Waals surface area contributed by atoms with Crippen molar-refractivity contribution in [3.63, 3.8) is 0 Å². The molecule has 2 heteroatoms. The Morgan fingerprint density at radius 1 is 0.415 bits per heavy atom. The molecule has 2 nitrogen and oxygen atoms in total. The van der Waals surface area contributed by atoms with Gasteiger partial charge in [0.1, 0.15) is 11.2 Å². The van der Waals surface area contributed by atoms with Gasteiger partial charge in [0.15, 0.2) is 0 Å². The van der Waals surface area contributed by atoms with Crippen LogP contribution in [0, 0.1) is 0 Å². The number of fused-ring (bicyclic) bond motifs is 9. The first-order valence-corrected chi connectivity index (χ1v) is 18.4. The molecule has 10 aromatic rings. The summed E-state index contributed by atoms with van der Waals surface area (Å²) in [6, 6.07) is 64.2. The number of anilines is 3. The molecule has 0 radical (unpaired) electrons. The summed E-state index contributed by atoms with van der Waals surface area (Å²) in [5.74, 6) is 0. The van der Waals surface area contributed by atoms with E-state index >= 15 is 0 Å². The first-order valence-electron chi connectivity index (χ1n) is 18.4. The lowest BCUT2D eigenvalue weighted by Gasteiger charge is -2.29. The molecule has 0 aliphatic heterocycles. The van der Waals surface area contributed by atoms with Crippen molar-refractivity contribution in [1.82, 2.24) is 0 Å². The highest BCUT2D eigenvalue weighted by Crippen LogP contribution is 2.51. The van der Waals surface area contributed by atoms with E-state index < -0.39 is 0 Å². The van der Waals surface area contributed by atoms with Crippen LogP contribution in [0.1, 0.15) is 25.0 Å². The van der Waals surface area contributed by atoms with E-state index in [2.05, 4.69) is 195 Å². The topological polar surface area (TPSA) is 16.4 Å².